The summed E-state index contributed by atoms with van der Waals surface area (Å²) in [6, 6.07) is 1.83. The fourth-order valence-corrected chi connectivity index (χ4v) is 2.73. The highest BCUT2D eigenvalue weighted by molar-refractivity contribution is 6.04. The number of anilines is 2. The van der Waals surface area contributed by atoms with Crippen LogP contribution in [-0.2, 0) is 4.79 Å². The number of hydrogen-bond donors (Lipinski definition) is 1. The zero-order chi connectivity index (χ0) is 12.1. The van der Waals surface area contributed by atoms with E-state index in [1.54, 1.807) is 6.20 Å². The summed E-state index contributed by atoms with van der Waals surface area (Å²) in [6.45, 7) is 0.884. The standard InChI is InChI=1S/C12H11N5O/c18-12-9-2-1-3-17(9)11-8(15-12)4-7-5-13-6-14-10(7)16-11/h4-6,9H,1-3H2,(H,15,18). The number of carbonyl (C=O) groups excluding carboxylic acids is 1. The summed E-state index contributed by atoms with van der Waals surface area (Å²) in [5, 5.41) is 3.77. The van der Waals surface area contributed by atoms with Gasteiger partial charge in [0.05, 0.1) is 5.69 Å². The van der Waals surface area contributed by atoms with Gasteiger partial charge in [-0.15, -0.1) is 0 Å². The molecule has 2 aromatic heterocycles. The van der Waals surface area contributed by atoms with Gasteiger partial charge in [0.15, 0.2) is 11.5 Å². The van der Waals surface area contributed by atoms with E-state index < -0.39 is 0 Å². The summed E-state index contributed by atoms with van der Waals surface area (Å²) < 4.78 is 0. The van der Waals surface area contributed by atoms with Crippen LogP contribution in [-0.4, -0.2) is 33.4 Å². The van der Waals surface area contributed by atoms with Gasteiger partial charge in [0, 0.05) is 18.1 Å². The molecule has 0 aliphatic carbocycles. The molecule has 90 valence electrons. The Morgan fingerprint density at radius 3 is 3.33 bits per heavy atom. The van der Waals surface area contributed by atoms with Gasteiger partial charge in [-0.25, -0.2) is 15.0 Å². The second kappa shape index (κ2) is 3.38. The molecule has 1 atom stereocenters. The van der Waals surface area contributed by atoms with Crippen molar-refractivity contribution in [2.75, 3.05) is 16.8 Å². The van der Waals surface area contributed by atoms with Crippen molar-refractivity contribution in [3.63, 3.8) is 0 Å². The van der Waals surface area contributed by atoms with E-state index in [0.717, 1.165) is 36.3 Å². The lowest BCUT2D eigenvalue weighted by molar-refractivity contribution is -0.117. The number of hydrogen-bond acceptors (Lipinski definition) is 5. The lowest BCUT2D eigenvalue weighted by Crippen LogP contribution is -2.44. The third-order valence-corrected chi connectivity index (χ3v) is 3.56. The Hall–Kier alpha value is -2.24. The van der Waals surface area contributed by atoms with Crippen molar-refractivity contribution < 1.29 is 4.79 Å². The first kappa shape index (κ1) is 9.76. The summed E-state index contributed by atoms with van der Waals surface area (Å²) >= 11 is 0. The van der Waals surface area contributed by atoms with Crippen LogP contribution in [0.5, 0.6) is 0 Å². The van der Waals surface area contributed by atoms with E-state index >= 15 is 0 Å². The van der Waals surface area contributed by atoms with Crippen LogP contribution in [0.1, 0.15) is 12.8 Å². The van der Waals surface area contributed by atoms with Gasteiger partial charge in [0.25, 0.3) is 0 Å². The maximum atomic E-state index is 12.0. The van der Waals surface area contributed by atoms with Crippen LogP contribution in [0.2, 0.25) is 0 Å². The Morgan fingerprint density at radius 2 is 2.39 bits per heavy atom. The van der Waals surface area contributed by atoms with Gasteiger partial charge < -0.3 is 10.2 Å². The minimum atomic E-state index is -0.0655. The summed E-state index contributed by atoms with van der Waals surface area (Å²) in [6.07, 6.45) is 5.12. The Kier molecular flexibility index (Phi) is 1.83. The van der Waals surface area contributed by atoms with E-state index in [1.165, 1.54) is 6.33 Å². The zero-order valence-corrected chi connectivity index (χ0v) is 9.63. The Morgan fingerprint density at radius 1 is 1.44 bits per heavy atom. The monoisotopic (exact) mass is 241 g/mol. The maximum Gasteiger partial charge on any atom is 0.247 e. The van der Waals surface area contributed by atoms with Crippen LogP contribution >= 0.6 is 0 Å². The molecule has 18 heavy (non-hydrogen) atoms. The molecule has 1 unspecified atom stereocenters. The number of nitrogens with one attached hydrogen (secondary N) is 1. The number of aromatic nitrogens is 3. The smallest absolute Gasteiger partial charge is 0.247 e. The van der Waals surface area contributed by atoms with Crippen LogP contribution < -0.4 is 10.2 Å². The number of nitrogens with zero attached hydrogens (tertiary/aromatic N) is 4. The van der Waals surface area contributed by atoms with E-state index in [-0.39, 0.29) is 11.9 Å². The maximum absolute atomic E-state index is 12.0. The second-order valence-electron chi connectivity index (χ2n) is 4.64. The van der Waals surface area contributed by atoms with Crippen LogP contribution in [0, 0.1) is 0 Å². The highest BCUT2D eigenvalue weighted by Crippen LogP contribution is 2.36. The van der Waals surface area contributed by atoms with Gasteiger partial charge in [-0.2, -0.15) is 0 Å². The minimum Gasteiger partial charge on any atom is -0.343 e. The number of amides is 1. The summed E-state index contributed by atoms with van der Waals surface area (Å²) in [7, 11) is 0. The molecule has 0 spiro atoms. The molecule has 0 bridgehead atoms. The predicted molar refractivity (Wildman–Crippen MR) is 66.3 cm³/mol. The fraction of sp³-hybridized carbons (Fsp3) is 0.333. The molecule has 4 rings (SSSR count). The third-order valence-electron chi connectivity index (χ3n) is 3.56. The quantitative estimate of drug-likeness (QED) is 0.743. The number of fused-ring (bicyclic) bond motifs is 4. The predicted octanol–water partition coefficient (Wildman–Crippen LogP) is 0.946. The molecule has 1 saturated heterocycles. The molecule has 0 saturated carbocycles. The molecule has 2 aliphatic heterocycles. The SMILES string of the molecule is O=C1Nc2cc3cncnc3nc2N2CCCC12. The fourth-order valence-electron chi connectivity index (χ4n) is 2.73. The third kappa shape index (κ3) is 1.23. The van der Waals surface area contributed by atoms with Crippen molar-refractivity contribution in [2.24, 2.45) is 0 Å². The van der Waals surface area contributed by atoms with Crippen molar-refractivity contribution in [3.8, 4) is 0 Å². The van der Waals surface area contributed by atoms with E-state index in [0.29, 0.717) is 5.65 Å². The Bertz CT molecular complexity index is 656. The first-order valence-electron chi connectivity index (χ1n) is 6.01. The summed E-state index contributed by atoms with van der Waals surface area (Å²) in [5.41, 5.74) is 1.44. The van der Waals surface area contributed by atoms with Crippen molar-refractivity contribution >= 4 is 28.4 Å². The molecule has 2 aromatic rings. The van der Waals surface area contributed by atoms with Crippen molar-refractivity contribution in [1.82, 2.24) is 15.0 Å². The Balaban J connectivity index is 1.96. The lowest BCUT2D eigenvalue weighted by atomic mass is 10.1. The molecule has 1 N–H and O–H groups in total. The van der Waals surface area contributed by atoms with Crippen molar-refractivity contribution in [1.29, 1.82) is 0 Å². The zero-order valence-electron chi connectivity index (χ0n) is 9.63. The van der Waals surface area contributed by atoms with E-state index in [4.69, 9.17) is 0 Å². The first-order valence-corrected chi connectivity index (χ1v) is 6.01. The molecule has 1 fully saturated rings. The molecule has 6 heteroatoms. The lowest BCUT2D eigenvalue weighted by Gasteiger charge is -2.31. The van der Waals surface area contributed by atoms with Gasteiger partial charge >= 0.3 is 0 Å². The topological polar surface area (TPSA) is 71.0 Å². The molecular formula is C12H11N5O. The molecule has 1 amide bonds. The minimum absolute atomic E-state index is 0.0655. The van der Waals surface area contributed by atoms with E-state index in [2.05, 4.69) is 25.2 Å². The molecule has 6 nitrogen and oxygen atoms in total. The van der Waals surface area contributed by atoms with Gasteiger partial charge in [-0.3, -0.25) is 4.79 Å². The molecule has 2 aliphatic rings. The average Bonchev–Trinajstić information content (AvgIpc) is 2.87. The van der Waals surface area contributed by atoms with Crippen LogP contribution in [0.15, 0.2) is 18.6 Å². The van der Waals surface area contributed by atoms with Gasteiger partial charge in [0.1, 0.15) is 12.4 Å². The number of pyridine rings is 1. The molecule has 0 aromatic carbocycles. The molecule has 0 radical (unpaired) electrons. The largest absolute Gasteiger partial charge is 0.343 e. The van der Waals surface area contributed by atoms with Crippen molar-refractivity contribution in [3.05, 3.63) is 18.6 Å². The number of rotatable bonds is 0. The van der Waals surface area contributed by atoms with E-state index in [9.17, 15) is 4.79 Å². The summed E-state index contributed by atoms with van der Waals surface area (Å²) in [5.74, 6) is 0.904. The highest BCUT2D eigenvalue weighted by Gasteiger charge is 2.37. The van der Waals surface area contributed by atoms with Crippen LogP contribution in [0.3, 0.4) is 0 Å². The van der Waals surface area contributed by atoms with Crippen molar-refractivity contribution in [2.45, 2.75) is 18.9 Å². The Labute approximate surface area is 103 Å². The van der Waals surface area contributed by atoms with E-state index in [1.807, 2.05) is 6.07 Å². The van der Waals surface area contributed by atoms with Gasteiger partial charge in [0.2, 0.25) is 5.91 Å². The van der Waals surface area contributed by atoms with Crippen LogP contribution in [0.4, 0.5) is 11.5 Å². The molecule has 4 heterocycles. The normalized spacial score (nSPS) is 21.7. The molecular weight excluding hydrogens is 230 g/mol. The van der Waals surface area contributed by atoms with Gasteiger partial charge in [-0.05, 0) is 18.9 Å². The summed E-state index contributed by atoms with van der Waals surface area (Å²) in [4.78, 5) is 26.7. The highest BCUT2D eigenvalue weighted by atomic mass is 16.2. The van der Waals surface area contributed by atoms with Crippen LogP contribution in [0.25, 0.3) is 11.0 Å². The second-order valence-corrected chi connectivity index (χ2v) is 4.64. The average molecular weight is 241 g/mol. The number of carbonyl (C=O) groups is 1. The van der Waals surface area contributed by atoms with Gasteiger partial charge in [-0.1, -0.05) is 0 Å². The first-order chi connectivity index (χ1) is 8.83.